The third-order valence-electron chi connectivity index (χ3n) is 0.167. The fourth-order valence-corrected chi connectivity index (χ4v) is 0. The van der Waals surface area contributed by atoms with Crippen LogP contribution in [0.25, 0.3) is 0 Å². The molecule has 0 aliphatic carbocycles. The number of carbonyl (C=O) groups excluding carboxylic acids is 1. The molecule has 0 aromatic carbocycles. The van der Waals surface area contributed by atoms with Crippen molar-refractivity contribution in [1.82, 2.24) is 0 Å². The van der Waals surface area contributed by atoms with Gasteiger partial charge in [0.1, 0.15) is 6.29 Å². The standard InChI is InChI=1S/C3H6O.K.H2O2.H/c1-2-3-4;;1-2;/h3H,2H2,1H3;;1-2H;/q;+1;;-1. The molecule has 0 aromatic rings. The minimum atomic E-state index is 0. The van der Waals surface area contributed by atoms with Crippen LogP contribution in [0.1, 0.15) is 14.8 Å². The first kappa shape index (κ1) is 15.7. The molecule has 0 radical (unpaired) electrons. The first-order valence-corrected chi connectivity index (χ1v) is 1.55. The van der Waals surface area contributed by atoms with Crippen LogP contribution in [0.2, 0.25) is 0 Å². The summed E-state index contributed by atoms with van der Waals surface area (Å²) in [7, 11) is 0. The van der Waals surface area contributed by atoms with E-state index in [2.05, 4.69) is 0 Å². The van der Waals surface area contributed by atoms with Crippen LogP contribution >= 0.6 is 0 Å². The zero-order valence-corrected chi connectivity index (χ0v) is 7.71. The van der Waals surface area contributed by atoms with Gasteiger partial charge >= 0.3 is 51.4 Å². The smallest absolute Gasteiger partial charge is 1.00 e. The van der Waals surface area contributed by atoms with Gasteiger partial charge in [0.15, 0.2) is 0 Å². The topological polar surface area (TPSA) is 57.5 Å². The summed E-state index contributed by atoms with van der Waals surface area (Å²) in [5.41, 5.74) is 0. The molecule has 0 bridgehead atoms. The predicted molar refractivity (Wildman–Crippen MR) is 22.7 cm³/mol. The average Bonchev–Trinajstić information content (AvgIpc) is 1.72. The number of carbonyl (C=O) groups is 1. The fraction of sp³-hybridized carbons (Fsp3) is 0.667. The molecule has 2 N–H and O–H groups in total. The first-order chi connectivity index (χ1) is 2.91. The monoisotopic (exact) mass is 132 g/mol. The molecule has 0 aromatic heterocycles. The van der Waals surface area contributed by atoms with Crippen molar-refractivity contribution >= 4 is 6.29 Å². The van der Waals surface area contributed by atoms with Crippen molar-refractivity contribution in [2.45, 2.75) is 13.3 Å². The second-order valence-corrected chi connectivity index (χ2v) is 0.575. The summed E-state index contributed by atoms with van der Waals surface area (Å²) in [5, 5.41) is 12.0. The SMILES string of the molecule is CCC=O.OO.[H-].[K+]. The van der Waals surface area contributed by atoms with Gasteiger partial charge in [0.05, 0.1) is 0 Å². The van der Waals surface area contributed by atoms with Gasteiger partial charge in [-0.1, -0.05) is 6.92 Å². The molecular formula is C3H9KO3. The largest absolute Gasteiger partial charge is 1.00 e. The molecule has 40 valence electrons. The molecule has 0 spiro atoms. The Hall–Kier alpha value is 1.23. The van der Waals surface area contributed by atoms with E-state index in [0.29, 0.717) is 6.42 Å². The maximum absolute atomic E-state index is 9.17. The van der Waals surface area contributed by atoms with Gasteiger partial charge in [-0.05, 0) is 0 Å². The third kappa shape index (κ3) is 39.8. The van der Waals surface area contributed by atoms with Crippen LogP contribution in [0.5, 0.6) is 0 Å². The van der Waals surface area contributed by atoms with Crippen molar-refractivity contribution in [3.05, 3.63) is 0 Å². The fourth-order valence-electron chi connectivity index (χ4n) is 0. The average molecular weight is 132 g/mol. The van der Waals surface area contributed by atoms with Crippen molar-refractivity contribution in [3.63, 3.8) is 0 Å². The Labute approximate surface area is 86.6 Å². The second kappa shape index (κ2) is 26.9. The van der Waals surface area contributed by atoms with Gasteiger partial charge in [-0.15, -0.1) is 0 Å². The summed E-state index contributed by atoms with van der Waals surface area (Å²) in [6.07, 6.45) is 1.51. The van der Waals surface area contributed by atoms with Crippen LogP contribution < -0.4 is 51.4 Å². The van der Waals surface area contributed by atoms with Crippen LogP contribution in [0.4, 0.5) is 0 Å². The van der Waals surface area contributed by atoms with Crippen molar-refractivity contribution in [2.75, 3.05) is 0 Å². The van der Waals surface area contributed by atoms with Crippen molar-refractivity contribution in [2.24, 2.45) is 0 Å². The minimum absolute atomic E-state index is 0. The molecule has 0 atom stereocenters. The Morgan fingerprint density at radius 2 is 1.86 bits per heavy atom. The van der Waals surface area contributed by atoms with E-state index in [0.717, 1.165) is 6.29 Å². The van der Waals surface area contributed by atoms with Gasteiger partial charge in [0.2, 0.25) is 0 Å². The molecule has 3 nitrogen and oxygen atoms in total. The Morgan fingerprint density at radius 1 is 1.71 bits per heavy atom. The number of hydrogen-bond acceptors (Lipinski definition) is 3. The van der Waals surface area contributed by atoms with E-state index in [-0.39, 0.29) is 52.8 Å². The van der Waals surface area contributed by atoms with Crippen LogP contribution in [0.3, 0.4) is 0 Å². The van der Waals surface area contributed by atoms with E-state index in [1.54, 1.807) is 0 Å². The van der Waals surface area contributed by atoms with Gasteiger partial charge in [-0.3, -0.25) is 10.5 Å². The summed E-state index contributed by atoms with van der Waals surface area (Å²) in [6, 6.07) is 0. The quantitative estimate of drug-likeness (QED) is 0.183. The number of rotatable bonds is 1. The molecule has 0 unspecified atom stereocenters. The van der Waals surface area contributed by atoms with E-state index in [4.69, 9.17) is 10.5 Å². The molecule has 0 aliphatic heterocycles. The van der Waals surface area contributed by atoms with Gasteiger partial charge < -0.3 is 6.22 Å². The maximum Gasteiger partial charge on any atom is 1.00 e. The van der Waals surface area contributed by atoms with E-state index in [9.17, 15) is 4.79 Å². The molecule has 0 fully saturated rings. The van der Waals surface area contributed by atoms with E-state index < -0.39 is 0 Å². The summed E-state index contributed by atoms with van der Waals surface area (Å²) in [6.45, 7) is 1.81. The molecule has 0 saturated heterocycles. The molecule has 7 heavy (non-hydrogen) atoms. The Bertz CT molecular complexity index is 28.5. The maximum atomic E-state index is 9.17. The van der Waals surface area contributed by atoms with Gasteiger partial charge in [0.25, 0.3) is 0 Å². The summed E-state index contributed by atoms with van der Waals surface area (Å²) < 4.78 is 0. The summed E-state index contributed by atoms with van der Waals surface area (Å²) in [5.74, 6) is 0. The Kier molecular flexibility index (Phi) is 60.5. The van der Waals surface area contributed by atoms with Crippen molar-refractivity contribution in [3.8, 4) is 0 Å². The van der Waals surface area contributed by atoms with Crippen molar-refractivity contribution in [1.29, 1.82) is 0 Å². The second-order valence-electron chi connectivity index (χ2n) is 0.575. The minimum Gasteiger partial charge on any atom is -1.00 e. The molecular weight excluding hydrogens is 123 g/mol. The summed E-state index contributed by atoms with van der Waals surface area (Å²) in [4.78, 5) is 9.17. The van der Waals surface area contributed by atoms with Crippen molar-refractivity contribution < 1.29 is 68.1 Å². The van der Waals surface area contributed by atoms with Crippen LogP contribution in [-0.4, -0.2) is 16.8 Å². The van der Waals surface area contributed by atoms with Gasteiger partial charge in [-0.2, -0.15) is 0 Å². The van der Waals surface area contributed by atoms with Gasteiger partial charge in [0, 0.05) is 6.42 Å². The molecule has 4 heteroatoms. The number of aldehydes is 1. The number of hydrogen-bond donors (Lipinski definition) is 2. The van der Waals surface area contributed by atoms with E-state index >= 15 is 0 Å². The van der Waals surface area contributed by atoms with Crippen LogP contribution in [-0.2, 0) is 4.79 Å². The molecule has 0 amide bonds. The van der Waals surface area contributed by atoms with E-state index in [1.807, 2.05) is 6.92 Å². The Morgan fingerprint density at radius 3 is 1.86 bits per heavy atom. The zero-order chi connectivity index (χ0) is 5.41. The van der Waals surface area contributed by atoms with Crippen LogP contribution in [0.15, 0.2) is 0 Å². The van der Waals surface area contributed by atoms with Gasteiger partial charge in [-0.25, -0.2) is 0 Å². The predicted octanol–water partition coefficient (Wildman–Crippen LogP) is -2.27. The third-order valence-corrected chi connectivity index (χ3v) is 0.167. The Balaban J connectivity index is -0.0000000183. The normalized spacial score (nSPS) is 4.43. The molecule has 0 saturated carbocycles. The van der Waals surface area contributed by atoms with Crippen LogP contribution in [0, 0.1) is 0 Å². The first-order valence-electron chi connectivity index (χ1n) is 1.55. The molecule has 0 heterocycles. The summed E-state index contributed by atoms with van der Waals surface area (Å²) >= 11 is 0. The zero-order valence-electron chi connectivity index (χ0n) is 5.59. The van der Waals surface area contributed by atoms with E-state index in [1.165, 1.54) is 0 Å². The molecule has 0 aliphatic rings. The molecule has 0 rings (SSSR count).